The summed E-state index contributed by atoms with van der Waals surface area (Å²) in [5.41, 5.74) is -1.89. The summed E-state index contributed by atoms with van der Waals surface area (Å²) < 4.78 is 88.3. The van der Waals surface area contributed by atoms with Crippen molar-refractivity contribution in [3.63, 3.8) is 0 Å². The fraction of sp³-hybridized carbons (Fsp3) is 0.273. The number of hydrogen-bond acceptors (Lipinski definition) is 0. The number of halogens is 7. The van der Waals surface area contributed by atoms with Crippen molar-refractivity contribution in [1.82, 2.24) is 0 Å². The molecule has 0 saturated carbocycles. The van der Waals surface area contributed by atoms with Crippen LogP contribution in [0.1, 0.15) is 11.1 Å². The lowest BCUT2D eigenvalue weighted by atomic mass is 9.96. The van der Waals surface area contributed by atoms with Crippen LogP contribution in [-0.2, 0) is 5.92 Å². The summed E-state index contributed by atoms with van der Waals surface area (Å²) in [6, 6.07) is 3.66. The Morgan fingerprint density at radius 2 is 1.39 bits per heavy atom. The van der Waals surface area contributed by atoms with Crippen LogP contribution in [0.15, 0.2) is 30.8 Å². The van der Waals surface area contributed by atoms with Crippen molar-refractivity contribution in [2.24, 2.45) is 0 Å². The summed E-state index contributed by atoms with van der Waals surface area (Å²) >= 11 is 0. The van der Waals surface area contributed by atoms with Gasteiger partial charge in [-0.25, -0.2) is 0 Å². The van der Waals surface area contributed by atoms with E-state index in [0.717, 1.165) is 18.2 Å². The van der Waals surface area contributed by atoms with E-state index in [2.05, 4.69) is 6.58 Å². The molecule has 18 heavy (non-hydrogen) atoms. The Morgan fingerprint density at radius 3 is 1.83 bits per heavy atom. The third-order valence-electron chi connectivity index (χ3n) is 2.27. The highest BCUT2D eigenvalue weighted by Crippen LogP contribution is 2.52. The second-order valence-electron chi connectivity index (χ2n) is 3.44. The van der Waals surface area contributed by atoms with Crippen LogP contribution < -0.4 is 0 Å². The first-order valence-corrected chi connectivity index (χ1v) is 4.60. The molecule has 0 saturated heterocycles. The van der Waals surface area contributed by atoms with Gasteiger partial charge in [-0.05, 0) is 5.56 Å². The van der Waals surface area contributed by atoms with Crippen molar-refractivity contribution in [3.05, 3.63) is 42.0 Å². The van der Waals surface area contributed by atoms with Crippen molar-refractivity contribution < 1.29 is 30.7 Å². The number of benzene rings is 1. The smallest absolute Gasteiger partial charge is 0.194 e. The molecule has 1 rings (SSSR count). The van der Waals surface area contributed by atoms with Gasteiger partial charge in [0.05, 0.1) is 0 Å². The second kappa shape index (κ2) is 4.29. The quantitative estimate of drug-likeness (QED) is 0.704. The molecule has 0 unspecified atom stereocenters. The topological polar surface area (TPSA) is 0 Å². The molecule has 1 aromatic rings. The zero-order valence-corrected chi connectivity index (χ0v) is 8.74. The average Bonchev–Trinajstić information content (AvgIpc) is 2.27. The molecule has 0 aromatic heterocycles. The van der Waals surface area contributed by atoms with E-state index in [-0.39, 0.29) is 0 Å². The van der Waals surface area contributed by atoms with Gasteiger partial charge in [0.25, 0.3) is 0 Å². The first kappa shape index (κ1) is 14.5. The molecule has 7 heteroatoms. The maximum Gasteiger partial charge on any atom is 0.460 e. The molecule has 0 aliphatic heterocycles. The molecule has 0 heterocycles. The molecule has 0 aliphatic carbocycles. The van der Waals surface area contributed by atoms with Crippen molar-refractivity contribution in [2.45, 2.75) is 18.0 Å². The maximum absolute atomic E-state index is 13.4. The van der Waals surface area contributed by atoms with Crippen LogP contribution in [0, 0.1) is 0 Å². The third kappa shape index (κ3) is 2.09. The lowest BCUT2D eigenvalue weighted by molar-refractivity contribution is -0.359. The molecule has 0 amide bonds. The number of alkyl halides is 7. The average molecular weight is 272 g/mol. The molecule has 1 aromatic carbocycles. The minimum atomic E-state index is -6.34. The van der Waals surface area contributed by atoms with E-state index in [1.54, 1.807) is 0 Å². The Morgan fingerprint density at radius 1 is 0.889 bits per heavy atom. The molecular weight excluding hydrogens is 265 g/mol. The van der Waals surface area contributed by atoms with Gasteiger partial charge in [0.15, 0.2) is 0 Å². The van der Waals surface area contributed by atoms with E-state index in [1.807, 2.05) is 0 Å². The van der Waals surface area contributed by atoms with Gasteiger partial charge in [0.1, 0.15) is 0 Å². The van der Waals surface area contributed by atoms with Crippen LogP contribution >= 0.6 is 0 Å². The fourth-order valence-corrected chi connectivity index (χ4v) is 1.31. The Hall–Kier alpha value is -1.53. The van der Waals surface area contributed by atoms with E-state index >= 15 is 0 Å². The molecule has 0 atom stereocenters. The van der Waals surface area contributed by atoms with Crippen LogP contribution in [0.4, 0.5) is 30.7 Å². The summed E-state index contributed by atoms with van der Waals surface area (Å²) in [6.07, 6.45) is -5.56. The summed E-state index contributed by atoms with van der Waals surface area (Å²) in [5, 5.41) is 0. The molecule has 0 fully saturated rings. The minimum Gasteiger partial charge on any atom is -0.194 e. The highest BCUT2D eigenvalue weighted by Gasteiger charge is 2.73. The number of hydrogen-bond donors (Lipinski definition) is 0. The van der Waals surface area contributed by atoms with Gasteiger partial charge >= 0.3 is 18.0 Å². The van der Waals surface area contributed by atoms with Crippen molar-refractivity contribution >= 4 is 6.08 Å². The SMILES string of the molecule is C=Cc1ccccc1C(F)(F)C(F)(F)C(F)(F)F. The van der Waals surface area contributed by atoms with Crippen molar-refractivity contribution in [1.29, 1.82) is 0 Å². The van der Waals surface area contributed by atoms with Gasteiger partial charge in [-0.1, -0.05) is 36.9 Å². The lowest BCUT2D eigenvalue weighted by Gasteiger charge is -2.29. The van der Waals surface area contributed by atoms with Gasteiger partial charge in [-0.2, -0.15) is 30.7 Å². The first-order valence-electron chi connectivity index (χ1n) is 4.60. The lowest BCUT2D eigenvalue weighted by Crippen LogP contribution is -2.50. The van der Waals surface area contributed by atoms with Gasteiger partial charge in [-0.15, -0.1) is 0 Å². The molecular formula is C11H7F7. The summed E-state index contributed by atoms with van der Waals surface area (Å²) in [5.74, 6) is -11.5. The minimum absolute atomic E-state index is 0.480. The molecule has 0 nitrogen and oxygen atoms in total. The predicted octanol–water partition coefficient (Wildman–Crippen LogP) is 4.62. The van der Waals surface area contributed by atoms with Gasteiger partial charge < -0.3 is 0 Å². The Labute approximate surface area is 97.7 Å². The standard InChI is InChI=1S/C11H7F7/c1-2-7-5-3-4-6-8(7)9(12,13)10(14,15)11(16,17)18/h2-6H,1H2. The van der Waals surface area contributed by atoms with E-state index in [4.69, 9.17) is 0 Å². The molecule has 0 aliphatic rings. The zero-order chi connectivity index (χ0) is 14.2. The maximum atomic E-state index is 13.4. The largest absolute Gasteiger partial charge is 0.460 e. The van der Waals surface area contributed by atoms with Crippen LogP contribution in [0.25, 0.3) is 6.08 Å². The second-order valence-corrected chi connectivity index (χ2v) is 3.44. The van der Waals surface area contributed by atoms with E-state index in [1.165, 1.54) is 6.07 Å². The summed E-state index contributed by atoms with van der Waals surface area (Å²) in [7, 11) is 0. The predicted molar refractivity (Wildman–Crippen MR) is 51.4 cm³/mol. The van der Waals surface area contributed by atoms with Crippen LogP contribution in [0.5, 0.6) is 0 Å². The molecule has 0 spiro atoms. The Kier molecular flexibility index (Phi) is 3.47. The van der Waals surface area contributed by atoms with E-state index in [9.17, 15) is 30.7 Å². The fourth-order valence-electron chi connectivity index (χ4n) is 1.31. The van der Waals surface area contributed by atoms with Crippen molar-refractivity contribution in [3.8, 4) is 0 Å². The summed E-state index contributed by atoms with van der Waals surface area (Å²) in [4.78, 5) is 0. The summed E-state index contributed by atoms with van der Waals surface area (Å²) in [6.45, 7) is 3.09. The Bertz CT molecular complexity index is 445. The monoisotopic (exact) mass is 272 g/mol. The highest BCUT2D eigenvalue weighted by molar-refractivity contribution is 5.53. The van der Waals surface area contributed by atoms with Crippen LogP contribution in [-0.4, -0.2) is 12.1 Å². The molecule has 0 bridgehead atoms. The highest BCUT2D eigenvalue weighted by atomic mass is 19.4. The first-order chi connectivity index (χ1) is 8.05. The molecule has 100 valence electrons. The normalized spacial score (nSPS) is 13.5. The van der Waals surface area contributed by atoms with Gasteiger partial charge in [0, 0.05) is 5.56 Å². The van der Waals surface area contributed by atoms with Gasteiger partial charge in [0.2, 0.25) is 0 Å². The van der Waals surface area contributed by atoms with Gasteiger partial charge in [-0.3, -0.25) is 0 Å². The van der Waals surface area contributed by atoms with Crippen molar-refractivity contribution in [2.75, 3.05) is 0 Å². The third-order valence-corrected chi connectivity index (χ3v) is 2.27. The van der Waals surface area contributed by atoms with E-state index in [0.29, 0.717) is 6.07 Å². The number of rotatable bonds is 3. The molecule has 0 radical (unpaired) electrons. The van der Waals surface area contributed by atoms with Crippen LogP contribution in [0.2, 0.25) is 0 Å². The van der Waals surface area contributed by atoms with E-state index < -0.39 is 29.1 Å². The zero-order valence-electron chi connectivity index (χ0n) is 8.74. The molecule has 0 N–H and O–H groups in total. The van der Waals surface area contributed by atoms with Crippen LogP contribution in [0.3, 0.4) is 0 Å². The Balaban J connectivity index is 3.42.